The molecule has 0 radical (unpaired) electrons. The molecule has 1 heterocycles. The van der Waals surface area contributed by atoms with Crippen LogP contribution in [0.4, 0.5) is 18.9 Å². The normalized spacial score (nSPS) is 13.6. The van der Waals surface area contributed by atoms with E-state index >= 15 is 0 Å². The van der Waals surface area contributed by atoms with Crippen LogP contribution in [0.15, 0.2) is 115 Å². The van der Waals surface area contributed by atoms with Gasteiger partial charge in [0, 0.05) is 35.6 Å². The van der Waals surface area contributed by atoms with E-state index in [1.807, 2.05) is 87.5 Å². The Kier molecular flexibility index (Phi) is 14.4. The minimum Gasteiger partial charge on any atom is -0.446 e. The summed E-state index contributed by atoms with van der Waals surface area (Å²) in [6.07, 6.45) is 6.67. The number of hydrogen-bond acceptors (Lipinski definition) is 5. The summed E-state index contributed by atoms with van der Waals surface area (Å²) in [4.78, 5) is 22.2. The van der Waals surface area contributed by atoms with Crippen LogP contribution < -0.4 is 10.6 Å². The lowest BCUT2D eigenvalue weighted by atomic mass is 9.98. The number of alkyl halides is 3. The van der Waals surface area contributed by atoms with Gasteiger partial charge < -0.3 is 15.4 Å². The van der Waals surface area contributed by atoms with Crippen molar-refractivity contribution < 1.29 is 22.7 Å². The summed E-state index contributed by atoms with van der Waals surface area (Å²) in [5.41, 5.74) is 3.17. The van der Waals surface area contributed by atoms with Crippen molar-refractivity contribution in [2.75, 3.05) is 5.32 Å². The van der Waals surface area contributed by atoms with E-state index in [1.165, 1.54) is 19.3 Å². The number of aryl methyl sites for hydroxylation is 1. The van der Waals surface area contributed by atoms with Crippen molar-refractivity contribution in [2.24, 2.45) is 0 Å². The maximum Gasteiger partial charge on any atom is 0.416 e. The molecule has 3 rings (SSSR count). The molecule has 3 aromatic rings. The summed E-state index contributed by atoms with van der Waals surface area (Å²) in [5.74, 6) is 1.02. The van der Waals surface area contributed by atoms with Crippen LogP contribution in [0.3, 0.4) is 0 Å². The molecule has 9 heteroatoms. The number of hydrogen-bond donors (Lipinski definition) is 2. The molecule has 0 bridgehead atoms. The predicted octanol–water partition coefficient (Wildman–Crippen LogP) is 10.1. The lowest BCUT2D eigenvalue weighted by Crippen LogP contribution is -2.40. The van der Waals surface area contributed by atoms with E-state index < -0.39 is 17.8 Å². The molecule has 2 aromatic carbocycles. The maximum absolute atomic E-state index is 13.8. The minimum atomic E-state index is -4.54. The van der Waals surface area contributed by atoms with E-state index in [9.17, 15) is 18.0 Å². The fraction of sp³-hybridized carbons (Fsp3) is 0.308. The highest BCUT2D eigenvalue weighted by atomic mass is 19.4. The lowest BCUT2D eigenvalue weighted by molar-refractivity contribution is -0.118. The van der Waals surface area contributed by atoms with Crippen molar-refractivity contribution in [3.8, 4) is 0 Å². The van der Waals surface area contributed by atoms with Crippen molar-refractivity contribution >= 4 is 22.7 Å². The number of benzene rings is 2. The van der Waals surface area contributed by atoms with Crippen LogP contribution in [-0.4, -0.2) is 28.1 Å². The van der Waals surface area contributed by atoms with E-state index in [4.69, 9.17) is 4.74 Å². The van der Waals surface area contributed by atoms with Crippen molar-refractivity contribution in [2.45, 2.75) is 78.9 Å². The predicted molar refractivity (Wildman–Crippen MR) is 188 cm³/mol. The Morgan fingerprint density at radius 3 is 2.21 bits per heavy atom. The SMILES string of the molecule is C=C(c1ccccc1)c1ccccc1NC(=O)C(CCC)N/C(=C\CC)O/C(=C\CC)C/C(=C\C(=C/C)C(F)(F)F)c1cnc(C)nc1. The second-order valence-corrected chi connectivity index (χ2v) is 11.1. The standard InChI is InChI=1S/C39H45F3N4O2/c1-7-16-33(24-30(23-32(10-4)39(40,41)42)31-25-43-28(6)44-26-31)48-37(18-9-3)45-36(17-8-2)38(47)46-35-22-15-14-21-34(35)27(5)29-19-12-11-13-20-29/h10-16,18-23,25-26,36,45H,5,7-9,17,24H2,1-4,6H3,(H,46,47)/b30-23+,32-10+,33-16-,37-18+. The van der Waals surface area contributed by atoms with Gasteiger partial charge in [-0.2, -0.15) is 13.2 Å². The smallest absolute Gasteiger partial charge is 0.416 e. The molecule has 2 N–H and O–H groups in total. The third-order valence-corrected chi connectivity index (χ3v) is 7.39. The highest BCUT2D eigenvalue weighted by Crippen LogP contribution is 2.33. The van der Waals surface area contributed by atoms with Gasteiger partial charge in [-0.25, -0.2) is 9.97 Å². The van der Waals surface area contributed by atoms with Crippen LogP contribution in [-0.2, 0) is 9.53 Å². The Hall–Kier alpha value is -4.92. The van der Waals surface area contributed by atoms with Gasteiger partial charge in [-0.1, -0.05) is 88.4 Å². The number of halogens is 3. The average molecular weight is 659 g/mol. The molecule has 1 atom stereocenters. The first-order valence-corrected chi connectivity index (χ1v) is 16.2. The number of ether oxygens (including phenoxy) is 1. The molecule has 0 aliphatic heterocycles. The molecule has 0 fully saturated rings. The van der Waals surface area contributed by atoms with Gasteiger partial charge in [-0.05, 0) is 74.1 Å². The zero-order valence-electron chi connectivity index (χ0n) is 28.3. The quantitative estimate of drug-likeness (QED) is 0.118. The van der Waals surface area contributed by atoms with Gasteiger partial charge in [0.25, 0.3) is 0 Å². The highest BCUT2D eigenvalue weighted by molar-refractivity contribution is 5.98. The summed E-state index contributed by atoms with van der Waals surface area (Å²) in [6.45, 7) is 13.2. The van der Waals surface area contributed by atoms with E-state index in [0.29, 0.717) is 60.0 Å². The monoisotopic (exact) mass is 658 g/mol. The van der Waals surface area contributed by atoms with Gasteiger partial charge in [0.05, 0.1) is 5.57 Å². The lowest BCUT2D eigenvalue weighted by Gasteiger charge is -2.23. The first kappa shape index (κ1) is 37.5. The Morgan fingerprint density at radius 2 is 1.60 bits per heavy atom. The fourth-order valence-corrected chi connectivity index (χ4v) is 4.93. The number of carbonyl (C=O) groups is 1. The van der Waals surface area contributed by atoms with Gasteiger partial charge in [-0.3, -0.25) is 4.79 Å². The van der Waals surface area contributed by atoms with Gasteiger partial charge in [0.15, 0.2) is 5.88 Å². The number of allylic oxidation sites excluding steroid dienone is 6. The molecule has 1 unspecified atom stereocenters. The maximum atomic E-state index is 13.8. The number of rotatable bonds is 16. The number of anilines is 1. The summed E-state index contributed by atoms with van der Waals surface area (Å²) in [7, 11) is 0. The fourth-order valence-electron chi connectivity index (χ4n) is 4.93. The molecule has 0 aliphatic carbocycles. The summed E-state index contributed by atoms with van der Waals surface area (Å²) < 4.78 is 47.8. The van der Waals surface area contributed by atoms with Crippen LogP contribution in [0, 0.1) is 6.92 Å². The molecule has 48 heavy (non-hydrogen) atoms. The average Bonchev–Trinajstić information content (AvgIpc) is 3.06. The number of aromatic nitrogens is 2. The number of nitrogens with one attached hydrogen (secondary N) is 2. The number of carbonyl (C=O) groups excluding carboxylic acids is 1. The third kappa shape index (κ3) is 11.1. The molecule has 6 nitrogen and oxygen atoms in total. The number of nitrogens with zero attached hydrogens (tertiary/aromatic N) is 2. The molecule has 1 amide bonds. The van der Waals surface area contributed by atoms with E-state index in [-0.39, 0.29) is 12.3 Å². The highest BCUT2D eigenvalue weighted by Gasteiger charge is 2.32. The molecular weight excluding hydrogens is 613 g/mol. The van der Waals surface area contributed by atoms with Crippen molar-refractivity contribution in [3.05, 3.63) is 138 Å². The van der Waals surface area contributed by atoms with Crippen LogP contribution in [0.2, 0.25) is 0 Å². The first-order chi connectivity index (χ1) is 23.0. The first-order valence-electron chi connectivity index (χ1n) is 16.2. The van der Waals surface area contributed by atoms with Crippen molar-refractivity contribution in [3.63, 3.8) is 0 Å². The Morgan fingerprint density at radius 1 is 0.958 bits per heavy atom. The Balaban J connectivity index is 1.89. The molecule has 0 saturated carbocycles. The van der Waals surface area contributed by atoms with Gasteiger partial charge in [-0.15, -0.1) is 0 Å². The number of amides is 1. The molecule has 1 aromatic heterocycles. The topological polar surface area (TPSA) is 76.1 Å². The Bertz CT molecular complexity index is 1640. The second kappa shape index (κ2) is 18.4. The van der Waals surface area contributed by atoms with E-state index in [1.54, 1.807) is 6.92 Å². The van der Waals surface area contributed by atoms with E-state index in [2.05, 4.69) is 27.2 Å². The molecule has 0 spiro atoms. The van der Waals surface area contributed by atoms with Gasteiger partial charge >= 0.3 is 6.18 Å². The number of para-hydroxylation sites is 1. The molecule has 0 saturated heterocycles. The zero-order chi connectivity index (χ0) is 35.1. The van der Waals surface area contributed by atoms with Crippen molar-refractivity contribution in [1.82, 2.24) is 15.3 Å². The summed E-state index contributed by atoms with van der Waals surface area (Å²) >= 11 is 0. The molecule has 0 aliphatic rings. The zero-order valence-corrected chi connectivity index (χ0v) is 28.3. The molecule has 254 valence electrons. The molecular formula is C39H45F3N4O2. The van der Waals surface area contributed by atoms with Crippen LogP contribution in [0.25, 0.3) is 11.1 Å². The van der Waals surface area contributed by atoms with Gasteiger partial charge in [0.2, 0.25) is 5.91 Å². The van der Waals surface area contributed by atoms with Crippen LogP contribution in [0.5, 0.6) is 0 Å². The summed E-state index contributed by atoms with van der Waals surface area (Å²) in [6, 6.07) is 16.6. The van der Waals surface area contributed by atoms with Crippen molar-refractivity contribution in [1.29, 1.82) is 0 Å². The third-order valence-electron chi connectivity index (χ3n) is 7.39. The largest absolute Gasteiger partial charge is 0.446 e. The van der Waals surface area contributed by atoms with Crippen LogP contribution >= 0.6 is 0 Å². The van der Waals surface area contributed by atoms with E-state index in [0.717, 1.165) is 28.9 Å². The summed E-state index contributed by atoms with van der Waals surface area (Å²) in [5, 5.41) is 6.35. The van der Waals surface area contributed by atoms with Crippen LogP contribution in [0.1, 0.15) is 82.3 Å². The van der Waals surface area contributed by atoms with Gasteiger partial charge in [0.1, 0.15) is 17.6 Å². The minimum absolute atomic E-state index is 0.0377. The second-order valence-electron chi connectivity index (χ2n) is 11.1. The Labute approximate surface area is 282 Å².